The van der Waals surface area contributed by atoms with E-state index in [4.69, 9.17) is 19.9 Å². The summed E-state index contributed by atoms with van der Waals surface area (Å²) in [5.41, 5.74) is 12.3. The van der Waals surface area contributed by atoms with Gasteiger partial charge in [-0.15, -0.1) is 0 Å². The molecule has 0 N–H and O–H groups in total. The van der Waals surface area contributed by atoms with Gasteiger partial charge in [0.05, 0.1) is 11.2 Å². The molecule has 2 aromatic heterocycles. The van der Waals surface area contributed by atoms with Gasteiger partial charge < -0.3 is 0 Å². The average Bonchev–Trinajstić information content (AvgIpc) is 3.29. The van der Waals surface area contributed by atoms with Crippen molar-refractivity contribution in [2.75, 3.05) is 0 Å². The fourth-order valence-electron chi connectivity index (χ4n) is 7.52. The summed E-state index contributed by atoms with van der Waals surface area (Å²) in [4.78, 5) is 20.7. The third kappa shape index (κ3) is 6.40. The molecule has 10 rings (SSSR count). The summed E-state index contributed by atoms with van der Waals surface area (Å²) in [7, 11) is 0. The van der Waals surface area contributed by atoms with Crippen molar-refractivity contribution in [3.05, 3.63) is 206 Å². The summed E-state index contributed by atoms with van der Waals surface area (Å²) in [6, 6.07) is 71.7. The van der Waals surface area contributed by atoms with Crippen LogP contribution in [0, 0.1) is 0 Å². The number of nitrogens with zero attached hydrogens (tertiary/aromatic N) is 4. The number of fused-ring (bicyclic) bond motifs is 3. The molecular formula is C52H34N4. The molecule has 0 fully saturated rings. The van der Waals surface area contributed by atoms with E-state index in [1.165, 1.54) is 10.8 Å². The molecule has 0 saturated heterocycles. The highest BCUT2D eigenvalue weighted by atomic mass is 15.0. The van der Waals surface area contributed by atoms with Gasteiger partial charge in [0.25, 0.3) is 0 Å². The number of hydrogen-bond donors (Lipinski definition) is 0. The first-order chi connectivity index (χ1) is 27.7. The predicted molar refractivity (Wildman–Crippen MR) is 231 cm³/mol. The van der Waals surface area contributed by atoms with Crippen LogP contribution in [0.2, 0.25) is 0 Å². The molecule has 262 valence electrons. The molecular weight excluding hydrogens is 681 g/mol. The van der Waals surface area contributed by atoms with Crippen LogP contribution in [0.15, 0.2) is 206 Å². The van der Waals surface area contributed by atoms with E-state index >= 15 is 0 Å². The second-order valence-corrected chi connectivity index (χ2v) is 13.9. The fourth-order valence-corrected chi connectivity index (χ4v) is 7.52. The Balaban J connectivity index is 1.16. The summed E-state index contributed by atoms with van der Waals surface area (Å²) < 4.78 is 0. The maximum Gasteiger partial charge on any atom is 0.164 e. The molecule has 4 nitrogen and oxygen atoms in total. The molecule has 0 amide bonds. The molecule has 10 aromatic rings. The van der Waals surface area contributed by atoms with Crippen molar-refractivity contribution in [1.82, 2.24) is 19.9 Å². The highest BCUT2D eigenvalue weighted by Gasteiger charge is 2.17. The third-order valence-electron chi connectivity index (χ3n) is 10.3. The van der Waals surface area contributed by atoms with Gasteiger partial charge in [0.2, 0.25) is 0 Å². The first-order valence-electron chi connectivity index (χ1n) is 18.8. The molecule has 0 aliphatic rings. The highest BCUT2D eigenvalue weighted by Crippen LogP contribution is 2.38. The zero-order chi connectivity index (χ0) is 37.3. The maximum absolute atomic E-state index is 5.19. The van der Waals surface area contributed by atoms with E-state index in [1.54, 1.807) is 0 Å². The predicted octanol–water partition coefficient (Wildman–Crippen LogP) is 13.2. The second-order valence-electron chi connectivity index (χ2n) is 13.9. The van der Waals surface area contributed by atoms with Gasteiger partial charge in [-0.05, 0) is 74.5 Å². The largest absolute Gasteiger partial charge is 0.248 e. The summed E-state index contributed by atoms with van der Waals surface area (Å²) in [6.45, 7) is 0. The van der Waals surface area contributed by atoms with Crippen LogP contribution in [0.3, 0.4) is 0 Å². The van der Waals surface area contributed by atoms with Crippen LogP contribution in [0.4, 0.5) is 0 Å². The molecule has 0 aliphatic heterocycles. The lowest BCUT2D eigenvalue weighted by atomic mass is 9.93. The van der Waals surface area contributed by atoms with E-state index < -0.39 is 0 Å². The van der Waals surface area contributed by atoms with Crippen LogP contribution in [-0.4, -0.2) is 19.9 Å². The Morgan fingerprint density at radius 2 is 0.696 bits per heavy atom. The minimum atomic E-state index is 0.605. The van der Waals surface area contributed by atoms with Gasteiger partial charge in [-0.25, -0.2) is 19.9 Å². The monoisotopic (exact) mass is 714 g/mol. The first kappa shape index (κ1) is 33.0. The molecule has 0 spiro atoms. The number of pyridine rings is 1. The summed E-state index contributed by atoms with van der Waals surface area (Å²) in [5, 5.41) is 3.46. The molecule has 4 heteroatoms. The minimum absolute atomic E-state index is 0.605. The lowest BCUT2D eigenvalue weighted by molar-refractivity contribution is 1.07. The van der Waals surface area contributed by atoms with E-state index in [9.17, 15) is 0 Å². The normalized spacial score (nSPS) is 11.2. The van der Waals surface area contributed by atoms with Crippen LogP contribution >= 0.6 is 0 Å². The molecule has 8 aromatic carbocycles. The Bertz CT molecular complexity index is 2910. The van der Waals surface area contributed by atoms with Crippen LogP contribution in [0.5, 0.6) is 0 Å². The summed E-state index contributed by atoms with van der Waals surface area (Å²) in [6.07, 6.45) is 0. The van der Waals surface area contributed by atoms with E-state index in [0.717, 1.165) is 72.2 Å². The minimum Gasteiger partial charge on any atom is -0.248 e. The molecule has 0 atom stereocenters. The lowest BCUT2D eigenvalue weighted by Gasteiger charge is -2.14. The van der Waals surface area contributed by atoms with Gasteiger partial charge in [0.15, 0.2) is 17.5 Å². The van der Waals surface area contributed by atoms with Crippen LogP contribution < -0.4 is 0 Å². The molecule has 56 heavy (non-hydrogen) atoms. The van der Waals surface area contributed by atoms with E-state index in [-0.39, 0.29) is 0 Å². The summed E-state index contributed by atoms with van der Waals surface area (Å²) in [5.74, 6) is 1.84. The Labute approximate surface area is 325 Å². The zero-order valence-corrected chi connectivity index (χ0v) is 30.4. The van der Waals surface area contributed by atoms with Gasteiger partial charge in [-0.1, -0.05) is 176 Å². The second kappa shape index (κ2) is 14.3. The molecule has 0 radical (unpaired) electrons. The third-order valence-corrected chi connectivity index (χ3v) is 10.3. The average molecular weight is 715 g/mol. The van der Waals surface area contributed by atoms with Gasteiger partial charge in [0, 0.05) is 27.6 Å². The topological polar surface area (TPSA) is 51.6 Å². The first-order valence-corrected chi connectivity index (χ1v) is 18.8. The Morgan fingerprint density at radius 1 is 0.268 bits per heavy atom. The fraction of sp³-hybridized carbons (Fsp3) is 0. The summed E-state index contributed by atoms with van der Waals surface area (Å²) >= 11 is 0. The Morgan fingerprint density at radius 3 is 1.25 bits per heavy atom. The van der Waals surface area contributed by atoms with Gasteiger partial charge in [-0.3, -0.25) is 0 Å². The van der Waals surface area contributed by atoms with E-state index in [0.29, 0.717) is 17.5 Å². The SMILES string of the molecule is c1ccc(-c2cccc(-c3nc(-c4cccc(-c5ccccc5)c4)nc(-c4cccc(-c5cc(-c6ccccc6)nc6ccc7ccccc7c56)c4)n3)c2)cc1. The van der Waals surface area contributed by atoms with Crippen molar-refractivity contribution in [2.24, 2.45) is 0 Å². The van der Waals surface area contributed by atoms with Crippen molar-refractivity contribution < 1.29 is 0 Å². The van der Waals surface area contributed by atoms with Gasteiger partial charge >= 0.3 is 0 Å². The van der Waals surface area contributed by atoms with E-state index in [2.05, 4.69) is 188 Å². The smallest absolute Gasteiger partial charge is 0.164 e. The molecule has 0 bridgehead atoms. The number of benzene rings is 8. The van der Waals surface area contributed by atoms with Crippen LogP contribution in [-0.2, 0) is 0 Å². The van der Waals surface area contributed by atoms with Gasteiger partial charge in [0.1, 0.15) is 0 Å². The standard InChI is InChI=1S/C52H34N4/c1-4-15-35(16-5-1)39-22-12-25-42(31-39)50-54-51(43-26-13-23-40(32-43)36-17-6-2-7-18-36)56-52(55-50)44-27-14-24-41(33-44)46-34-48(38-20-8-3-9-21-38)53-47-30-29-37-19-10-11-28-45(37)49(46)47/h1-34H. The van der Waals surface area contributed by atoms with E-state index in [1.807, 2.05) is 18.2 Å². The molecule has 0 saturated carbocycles. The highest BCUT2D eigenvalue weighted by molar-refractivity contribution is 6.14. The van der Waals surface area contributed by atoms with Crippen LogP contribution in [0.25, 0.3) is 100 Å². The molecule has 0 unspecified atom stereocenters. The zero-order valence-electron chi connectivity index (χ0n) is 30.4. The molecule has 2 heterocycles. The number of hydrogen-bond acceptors (Lipinski definition) is 4. The number of rotatable bonds is 7. The Hall–Kier alpha value is -7.56. The lowest BCUT2D eigenvalue weighted by Crippen LogP contribution is -2.00. The number of aromatic nitrogens is 4. The van der Waals surface area contributed by atoms with Crippen LogP contribution in [0.1, 0.15) is 0 Å². The van der Waals surface area contributed by atoms with Gasteiger partial charge in [-0.2, -0.15) is 0 Å². The molecule has 0 aliphatic carbocycles. The van der Waals surface area contributed by atoms with Crippen molar-refractivity contribution in [2.45, 2.75) is 0 Å². The Kier molecular flexibility index (Phi) is 8.47. The maximum atomic E-state index is 5.19. The van der Waals surface area contributed by atoms with Crippen molar-refractivity contribution in [3.8, 4) is 78.8 Å². The van der Waals surface area contributed by atoms with Crippen molar-refractivity contribution in [3.63, 3.8) is 0 Å². The van der Waals surface area contributed by atoms with Crippen molar-refractivity contribution in [1.29, 1.82) is 0 Å². The van der Waals surface area contributed by atoms with Crippen molar-refractivity contribution >= 4 is 21.7 Å². The quantitative estimate of drug-likeness (QED) is 0.154.